The van der Waals surface area contributed by atoms with Crippen molar-refractivity contribution in [1.82, 2.24) is 9.71 Å². The van der Waals surface area contributed by atoms with Crippen LogP contribution in [-0.4, -0.2) is 25.0 Å². The molecular weight excluding hydrogens is 368 g/mol. The molecule has 8 heteroatoms. The van der Waals surface area contributed by atoms with Gasteiger partial charge in [-0.25, -0.2) is 18.1 Å². The number of rotatable bonds is 5. The zero-order valence-corrected chi connectivity index (χ0v) is 17.0. The number of sulfonamides is 1. The number of aromatic nitrogens is 1. The Kier molecular flexibility index (Phi) is 5.13. The van der Waals surface area contributed by atoms with Crippen LogP contribution >= 0.6 is 11.3 Å². The normalized spacial score (nSPS) is 20.8. The topological polar surface area (TPSA) is 111 Å². The zero-order valence-electron chi connectivity index (χ0n) is 15.3. The van der Waals surface area contributed by atoms with Crippen LogP contribution in [0.25, 0.3) is 10.4 Å². The molecule has 6 nitrogen and oxygen atoms in total. The van der Waals surface area contributed by atoms with Crippen molar-refractivity contribution in [3.05, 3.63) is 29.4 Å². The van der Waals surface area contributed by atoms with Crippen LogP contribution in [0.15, 0.2) is 29.3 Å². The highest BCUT2D eigenvalue weighted by molar-refractivity contribution is 7.89. The molecule has 1 fully saturated rings. The Hall–Kier alpha value is -1.48. The fourth-order valence-electron chi connectivity index (χ4n) is 3.15. The summed E-state index contributed by atoms with van der Waals surface area (Å²) < 4.78 is 28.4. The van der Waals surface area contributed by atoms with Gasteiger partial charge in [-0.2, -0.15) is 0 Å². The van der Waals surface area contributed by atoms with Crippen molar-refractivity contribution in [2.24, 2.45) is 11.7 Å². The molecule has 142 valence electrons. The first-order valence-electron chi connectivity index (χ1n) is 8.68. The van der Waals surface area contributed by atoms with Gasteiger partial charge in [-0.1, -0.05) is 6.07 Å². The van der Waals surface area contributed by atoms with E-state index in [-0.39, 0.29) is 4.90 Å². The zero-order chi connectivity index (χ0) is 19.1. The largest absolute Gasteiger partial charge is 0.399 e. The minimum Gasteiger partial charge on any atom is -0.399 e. The van der Waals surface area contributed by atoms with Crippen molar-refractivity contribution >= 4 is 27.0 Å². The molecule has 1 saturated carbocycles. The SMILES string of the molecule is CC(C)(C)NS(=O)(=O)c1cc(N)ccc1-c1cnc(C[C@H]2C[C@H](N)C2)s1. The maximum atomic E-state index is 12.9. The molecule has 26 heavy (non-hydrogen) atoms. The van der Waals surface area contributed by atoms with E-state index in [0.29, 0.717) is 23.2 Å². The molecule has 0 aliphatic heterocycles. The maximum absolute atomic E-state index is 12.9. The Bertz CT molecular complexity index is 894. The Morgan fingerprint density at radius 2 is 2.00 bits per heavy atom. The van der Waals surface area contributed by atoms with E-state index in [1.165, 1.54) is 17.4 Å². The fourth-order valence-corrected chi connectivity index (χ4v) is 5.96. The second kappa shape index (κ2) is 6.92. The summed E-state index contributed by atoms with van der Waals surface area (Å²) in [4.78, 5) is 5.51. The van der Waals surface area contributed by atoms with Gasteiger partial charge in [0.15, 0.2) is 0 Å². The van der Waals surface area contributed by atoms with Crippen LogP contribution < -0.4 is 16.2 Å². The monoisotopic (exact) mass is 394 g/mol. The van der Waals surface area contributed by atoms with E-state index in [2.05, 4.69) is 9.71 Å². The Morgan fingerprint density at radius 3 is 2.62 bits per heavy atom. The number of nitrogen functional groups attached to an aromatic ring is 1. The van der Waals surface area contributed by atoms with E-state index >= 15 is 0 Å². The van der Waals surface area contributed by atoms with Crippen molar-refractivity contribution in [2.75, 3.05) is 5.73 Å². The molecule has 1 heterocycles. The van der Waals surface area contributed by atoms with Crippen LogP contribution in [0.3, 0.4) is 0 Å². The average Bonchev–Trinajstić information content (AvgIpc) is 2.91. The average molecular weight is 395 g/mol. The number of nitrogens with two attached hydrogens (primary N) is 2. The van der Waals surface area contributed by atoms with Gasteiger partial charge in [0.05, 0.1) is 14.8 Å². The lowest BCUT2D eigenvalue weighted by atomic mass is 9.79. The third-order valence-electron chi connectivity index (χ3n) is 4.29. The van der Waals surface area contributed by atoms with Crippen molar-refractivity contribution in [3.63, 3.8) is 0 Å². The second-order valence-corrected chi connectivity index (χ2v) is 10.8. The van der Waals surface area contributed by atoms with Crippen LogP contribution in [0.5, 0.6) is 0 Å². The molecule has 0 atom stereocenters. The Labute approximate surface area is 159 Å². The predicted molar refractivity (Wildman–Crippen MR) is 106 cm³/mol. The van der Waals surface area contributed by atoms with E-state index in [9.17, 15) is 8.42 Å². The van der Waals surface area contributed by atoms with Gasteiger partial charge in [0.25, 0.3) is 0 Å². The lowest BCUT2D eigenvalue weighted by Gasteiger charge is -2.31. The van der Waals surface area contributed by atoms with E-state index in [1.54, 1.807) is 18.3 Å². The highest BCUT2D eigenvalue weighted by Crippen LogP contribution is 2.36. The standard InChI is InChI=1S/C18H26N4O2S2/c1-18(2,3)22-26(23,24)16-9-12(19)4-5-14(16)15-10-21-17(25-15)8-11-6-13(20)7-11/h4-5,9-11,13,22H,6-8,19-20H2,1-3H3/t11-,13-. The van der Waals surface area contributed by atoms with E-state index < -0.39 is 15.6 Å². The predicted octanol–water partition coefficient (Wildman–Crippen LogP) is 2.75. The number of thiazole rings is 1. The molecule has 0 radical (unpaired) electrons. The molecule has 1 aromatic heterocycles. The third kappa shape index (κ3) is 4.43. The smallest absolute Gasteiger partial charge is 0.241 e. The summed E-state index contributed by atoms with van der Waals surface area (Å²) in [5.74, 6) is 0.584. The van der Waals surface area contributed by atoms with Gasteiger partial charge in [0.2, 0.25) is 10.0 Å². The van der Waals surface area contributed by atoms with Gasteiger partial charge < -0.3 is 11.5 Å². The first-order valence-corrected chi connectivity index (χ1v) is 11.0. The quantitative estimate of drug-likeness (QED) is 0.675. The van der Waals surface area contributed by atoms with Crippen LogP contribution in [-0.2, 0) is 16.4 Å². The molecule has 3 rings (SSSR count). The number of nitrogens with zero attached hydrogens (tertiary/aromatic N) is 1. The number of hydrogen-bond acceptors (Lipinski definition) is 6. The molecular formula is C18H26N4O2S2. The lowest BCUT2D eigenvalue weighted by molar-refractivity contribution is 0.264. The molecule has 0 amide bonds. The van der Waals surface area contributed by atoms with Crippen LogP contribution in [0.4, 0.5) is 5.69 Å². The number of nitrogens with one attached hydrogen (secondary N) is 1. The number of hydrogen-bond donors (Lipinski definition) is 3. The highest BCUT2D eigenvalue weighted by atomic mass is 32.2. The second-order valence-electron chi connectivity index (χ2n) is 8.03. The number of anilines is 1. The maximum Gasteiger partial charge on any atom is 0.241 e. The molecule has 5 N–H and O–H groups in total. The first kappa shape index (κ1) is 19.3. The van der Waals surface area contributed by atoms with Gasteiger partial charge in [-0.15, -0.1) is 11.3 Å². The summed E-state index contributed by atoms with van der Waals surface area (Å²) in [6.07, 6.45) is 4.72. The first-order chi connectivity index (χ1) is 12.0. The van der Waals surface area contributed by atoms with E-state index in [4.69, 9.17) is 11.5 Å². The van der Waals surface area contributed by atoms with E-state index in [1.807, 2.05) is 20.8 Å². The minimum atomic E-state index is -3.70. The van der Waals surface area contributed by atoms with Crippen molar-refractivity contribution in [3.8, 4) is 10.4 Å². The van der Waals surface area contributed by atoms with Gasteiger partial charge in [-0.3, -0.25) is 0 Å². The summed E-state index contributed by atoms with van der Waals surface area (Å²) in [7, 11) is -3.70. The molecule has 1 aromatic carbocycles. The van der Waals surface area contributed by atoms with Crippen molar-refractivity contribution in [2.45, 2.75) is 56.5 Å². The van der Waals surface area contributed by atoms with E-state index in [0.717, 1.165) is 29.1 Å². The molecule has 0 spiro atoms. The van der Waals surface area contributed by atoms with Crippen LogP contribution in [0.2, 0.25) is 0 Å². The number of benzene rings is 1. The fraction of sp³-hybridized carbons (Fsp3) is 0.500. The molecule has 0 unspecified atom stereocenters. The molecule has 1 aliphatic rings. The Morgan fingerprint density at radius 1 is 1.31 bits per heavy atom. The van der Waals surface area contributed by atoms with Crippen molar-refractivity contribution < 1.29 is 8.42 Å². The molecule has 0 bridgehead atoms. The van der Waals surface area contributed by atoms with Crippen molar-refractivity contribution in [1.29, 1.82) is 0 Å². The highest BCUT2D eigenvalue weighted by Gasteiger charge is 2.28. The summed E-state index contributed by atoms with van der Waals surface area (Å²) in [5, 5.41) is 1.01. The lowest BCUT2D eigenvalue weighted by Crippen LogP contribution is -2.40. The van der Waals surface area contributed by atoms with Crippen LogP contribution in [0, 0.1) is 5.92 Å². The summed E-state index contributed by atoms with van der Waals surface area (Å²) in [5.41, 5.74) is 12.2. The summed E-state index contributed by atoms with van der Waals surface area (Å²) in [6, 6.07) is 5.30. The summed E-state index contributed by atoms with van der Waals surface area (Å²) >= 11 is 1.53. The van der Waals surface area contributed by atoms with Gasteiger partial charge in [0, 0.05) is 35.4 Å². The molecule has 1 aliphatic carbocycles. The molecule has 0 saturated heterocycles. The third-order valence-corrected chi connectivity index (χ3v) is 7.14. The van der Waals surface area contributed by atoms with Gasteiger partial charge in [0.1, 0.15) is 0 Å². The van der Waals surface area contributed by atoms with Gasteiger partial charge in [-0.05, 0) is 51.7 Å². The molecule has 2 aromatic rings. The summed E-state index contributed by atoms with van der Waals surface area (Å²) in [6.45, 7) is 5.43. The van der Waals surface area contributed by atoms with Gasteiger partial charge >= 0.3 is 0 Å². The van der Waals surface area contributed by atoms with Crippen LogP contribution in [0.1, 0.15) is 38.6 Å². The Balaban J connectivity index is 1.92. The minimum absolute atomic E-state index is 0.188.